The van der Waals surface area contributed by atoms with Gasteiger partial charge in [0.25, 0.3) is 0 Å². The summed E-state index contributed by atoms with van der Waals surface area (Å²) in [6, 6.07) is 7.89. The van der Waals surface area contributed by atoms with Gasteiger partial charge in [0.15, 0.2) is 0 Å². The van der Waals surface area contributed by atoms with Gasteiger partial charge >= 0.3 is 0 Å². The van der Waals surface area contributed by atoms with Gasteiger partial charge in [-0.05, 0) is 37.1 Å². The smallest absolute Gasteiger partial charge is 0.0681 e. The Hall–Kier alpha value is -1.06. The van der Waals surface area contributed by atoms with Crippen LogP contribution in [0.25, 0.3) is 0 Å². The molecule has 0 aromatic heterocycles. The predicted octanol–water partition coefficient (Wildman–Crippen LogP) is 2.11. The van der Waals surface area contributed by atoms with E-state index in [4.69, 9.17) is 10.8 Å². The van der Waals surface area contributed by atoms with Crippen molar-refractivity contribution in [3.8, 4) is 0 Å². The molecule has 16 heavy (non-hydrogen) atoms. The topological polar surface area (TPSA) is 58.3 Å². The molecular weight excluding hydrogens is 200 g/mol. The maximum Gasteiger partial charge on any atom is 0.0681 e. The summed E-state index contributed by atoms with van der Waals surface area (Å²) in [5.41, 5.74) is 7.50. The van der Waals surface area contributed by atoms with Crippen molar-refractivity contribution in [3.05, 3.63) is 29.8 Å². The maximum absolute atomic E-state index is 8.89. The van der Waals surface area contributed by atoms with Crippen molar-refractivity contribution in [2.75, 3.05) is 18.4 Å². The van der Waals surface area contributed by atoms with E-state index in [0.717, 1.165) is 30.8 Å². The Bertz CT molecular complexity index is 272. The normalized spacial score (nSPS) is 10.4. The highest BCUT2D eigenvalue weighted by Crippen LogP contribution is 2.09. The molecule has 0 unspecified atom stereocenters. The van der Waals surface area contributed by atoms with Crippen LogP contribution in [0.4, 0.5) is 5.69 Å². The lowest BCUT2D eigenvalue weighted by molar-refractivity contribution is 0.282. The second-order valence-electron chi connectivity index (χ2n) is 3.98. The van der Waals surface area contributed by atoms with Gasteiger partial charge in [-0.15, -0.1) is 0 Å². The lowest BCUT2D eigenvalue weighted by Crippen LogP contribution is -2.02. The molecule has 1 aromatic carbocycles. The average molecular weight is 222 g/mol. The van der Waals surface area contributed by atoms with Crippen LogP contribution < -0.4 is 11.1 Å². The van der Waals surface area contributed by atoms with Crippen LogP contribution in [0.15, 0.2) is 24.3 Å². The van der Waals surface area contributed by atoms with Crippen LogP contribution in [0.2, 0.25) is 0 Å². The predicted molar refractivity (Wildman–Crippen MR) is 68.4 cm³/mol. The SMILES string of the molecule is NCCCCCCNc1ccc(CO)cc1. The summed E-state index contributed by atoms with van der Waals surface area (Å²) in [6.07, 6.45) is 4.77. The molecule has 3 heteroatoms. The monoisotopic (exact) mass is 222 g/mol. The molecule has 0 spiro atoms. The summed E-state index contributed by atoms with van der Waals surface area (Å²) >= 11 is 0. The number of aliphatic hydroxyl groups is 1. The van der Waals surface area contributed by atoms with Gasteiger partial charge in [0, 0.05) is 12.2 Å². The molecule has 0 heterocycles. The van der Waals surface area contributed by atoms with E-state index in [0.29, 0.717) is 0 Å². The van der Waals surface area contributed by atoms with Gasteiger partial charge in [0.2, 0.25) is 0 Å². The van der Waals surface area contributed by atoms with E-state index in [1.54, 1.807) is 0 Å². The molecule has 0 atom stereocenters. The highest BCUT2D eigenvalue weighted by Gasteiger charge is 1.93. The van der Waals surface area contributed by atoms with Crippen molar-refractivity contribution in [3.63, 3.8) is 0 Å². The largest absolute Gasteiger partial charge is 0.392 e. The van der Waals surface area contributed by atoms with Crippen molar-refractivity contribution < 1.29 is 5.11 Å². The Balaban J connectivity index is 2.12. The Morgan fingerprint density at radius 2 is 1.69 bits per heavy atom. The van der Waals surface area contributed by atoms with Crippen LogP contribution in [0, 0.1) is 0 Å². The fourth-order valence-electron chi connectivity index (χ4n) is 1.58. The minimum absolute atomic E-state index is 0.110. The number of nitrogens with one attached hydrogen (secondary N) is 1. The van der Waals surface area contributed by atoms with E-state index in [-0.39, 0.29) is 6.61 Å². The average Bonchev–Trinajstić information content (AvgIpc) is 2.34. The molecule has 1 rings (SSSR count). The first-order chi connectivity index (χ1) is 7.86. The quantitative estimate of drug-likeness (QED) is 0.590. The van der Waals surface area contributed by atoms with Crippen LogP contribution in [-0.2, 0) is 6.61 Å². The second kappa shape index (κ2) is 8.13. The molecule has 1 aromatic rings. The lowest BCUT2D eigenvalue weighted by atomic mass is 10.2. The molecule has 0 saturated carbocycles. The molecule has 4 N–H and O–H groups in total. The van der Waals surface area contributed by atoms with E-state index in [1.807, 2.05) is 24.3 Å². The zero-order chi connectivity index (χ0) is 11.6. The van der Waals surface area contributed by atoms with Gasteiger partial charge < -0.3 is 16.2 Å². The maximum atomic E-state index is 8.89. The van der Waals surface area contributed by atoms with Crippen molar-refractivity contribution in [1.82, 2.24) is 0 Å². The first kappa shape index (κ1) is 13.0. The van der Waals surface area contributed by atoms with E-state index in [9.17, 15) is 0 Å². The number of rotatable bonds is 8. The third kappa shape index (κ3) is 5.14. The van der Waals surface area contributed by atoms with Gasteiger partial charge in [0.05, 0.1) is 6.61 Å². The number of unbranched alkanes of at least 4 members (excludes halogenated alkanes) is 3. The number of benzene rings is 1. The summed E-state index contributed by atoms with van der Waals surface area (Å²) < 4.78 is 0. The van der Waals surface area contributed by atoms with Crippen molar-refractivity contribution in [2.24, 2.45) is 5.73 Å². The number of hydrogen-bond donors (Lipinski definition) is 3. The van der Waals surface area contributed by atoms with Crippen LogP contribution in [-0.4, -0.2) is 18.2 Å². The molecule has 0 aliphatic carbocycles. The number of aliphatic hydroxyl groups excluding tert-OH is 1. The summed E-state index contributed by atoms with van der Waals surface area (Å²) in [4.78, 5) is 0. The Kier molecular flexibility index (Phi) is 6.61. The highest BCUT2D eigenvalue weighted by molar-refractivity contribution is 5.44. The second-order valence-corrected chi connectivity index (χ2v) is 3.98. The lowest BCUT2D eigenvalue weighted by Gasteiger charge is -2.06. The third-order valence-corrected chi connectivity index (χ3v) is 2.60. The molecule has 0 bridgehead atoms. The van der Waals surface area contributed by atoms with Gasteiger partial charge in [-0.2, -0.15) is 0 Å². The first-order valence-electron chi connectivity index (χ1n) is 6.00. The van der Waals surface area contributed by atoms with E-state index >= 15 is 0 Å². The van der Waals surface area contributed by atoms with E-state index in [1.165, 1.54) is 19.3 Å². The van der Waals surface area contributed by atoms with Gasteiger partial charge in [-0.1, -0.05) is 25.0 Å². The van der Waals surface area contributed by atoms with Gasteiger partial charge in [-0.25, -0.2) is 0 Å². The fraction of sp³-hybridized carbons (Fsp3) is 0.538. The van der Waals surface area contributed by atoms with Crippen molar-refractivity contribution in [1.29, 1.82) is 0 Å². The first-order valence-corrected chi connectivity index (χ1v) is 6.00. The molecular formula is C13H22N2O. The standard InChI is InChI=1S/C13H22N2O/c14-9-3-1-2-4-10-15-13-7-5-12(11-16)6-8-13/h5-8,15-16H,1-4,9-11,14H2. The summed E-state index contributed by atoms with van der Waals surface area (Å²) in [6.45, 7) is 1.92. The zero-order valence-corrected chi connectivity index (χ0v) is 9.78. The highest BCUT2D eigenvalue weighted by atomic mass is 16.3. The number of anilines is 1. The molecule has 0 aliphatic heterocycles. The zero-order valence-electron chi connectivity index (χ0n) is 9.78. The third-order valence-electron chi connectivity index (χ3n) is 2.60. The minimum atomic E-state index is 0.110. The molecule has 90 valence electrons. The summed E-state index contributed by atoms with van der Waals surface area (Å²) in [7, 11) is 0. The molecule has 3 nitrogen and oxygen atoms in total. The Morgan fingerprint density at radius 1 is 1.00 bits per heavy atom. The number of nitrogens with two attached hydrogens (primary N) is 1. The van der Waals surface area contributed by atoms with Crippen LogP contribution in [0.1, 0.15) is 31.2 Å². The van der Waals surface area contributed by atoms with Crippen LogP contribution >= 0.6 is 0 Å². The molecule has 0 aliphatic rings. The van der Waals surface area contributed by atoms with E-state index in [2.05, 4.69) is 5.32 Å². The van der Waals surface area contributed by atoms with Gasteiger partial charge in [0.1, 0.15) is 0 Å². The summed E-state index contributed by atoms with van der Waals surface area (Å²) in [5, 5.41) is 12.3. The van der Waals surface area contributed by atoms with Gasteiger partial charge in [-0.3, -0.25) is 0 Å². The molecule has 0 fully saturated rings. The van der Waals surface area contributed by atoms with Crippen molar-refractivity contribution in [2.45, 2.75) is 32.3 Å². The van der Waals surface area contributed by atoms with Crippen molar-refractivity contribution >= 4 is 5.69 Å². The molecule has 0 saturated heterocycles. The number of hydrogen-bond acceptors (Lipinski definition) is 3. The van der Waals surface area contributed by atoms with E-state index < -0.39 is 0 Å². The molecule has 0 radical (unpaired) electrons. The molecule has 0 amide bonds. The van der Waals surface area contributed by atoms with Crippen LogP contribution in [0.5, 0.6) is 0 Å². The van der Waals surface area contributed by atoms with Crippen LogP contribution in [0.3, 0.4) is 0 Å². The fourth-order valence-corrected chi connectivity index (χ4v) is 1.58. The summed E-state index contributed by atoms with van der Waals surface area (Å²) in [5.74, 6) is 0. The Morgan fingerprint density at radius 3 is 2.31 bits per heavy atom. The minimum Gasteiger partial charge on any atom is -0.392 e. The Labute approximate surface area is 97.7 Å².